The van der Waals surface area contributed by atoms with Gasteiger partial charge in [0.15, 0.2) is 0 Å². The monoisotopic (exact) mass is 382 g/mol. The standard InChI is InChI=1S/C21H26N4O3/c1-13(19(27)24-16-7-5-14(6-8-16)18(22)26)23-15-9-11-17(12-10-15)25-20(28)21(2,3)4/h5-13,23H,1-4H3,(H2,22,26)(H,24,27)(H,25,28). The number of hydrogen-bond donors (Lipinski definition) is 4. The zero-order valence-electron chi connectivity index (χ0n) is 16.5. The fourth-order valence-electron chi connectivity index (χ4n) is 2.25. The molecule has 0 aliphatic rings. The van der Waals surface area contributed by atoms with Gasteiger partial charge in [-0.1, -0.05) is 20.8 Å². The molecule has 0 aliphatic heterocycles. The van der Waals surface area contributed by atoms with Gasteiger partial charge in [0.05, 0.1) is 0 Å². The van der Waals surface area contributed by atoms with Gasteiger partial charge in [-0.05, 0) is 55.5 Å². The van der Waals surface area contributed by atoms with Crippen molar-refractivity contribution in [1.82, 2.24) is 0 Å². The number of nitrogens with one attached hydrogen (secondary N) is 3. The summed E-state index contributed by atoms with van der Waals surface area (Å²) < 4.78 is 0. The van der Waals surface area contributed by atoms with Crippen molar-refractivity contribution < 1.29 is 14.4 Å². The molecule has 148 valence electrons. The van der Waals surface area contributed by atoms with E-state index in [4.69, 9.17) is 5.73 Å². The third kappa shape index (κ3) is 5.84. The Labute approximate surface area is 164 Å². The maximum atomic E-state index is 12.3. The quantitative estimate of drug-likeness (QED) is 0.614. The predicted molar refractivity (Wildman–Crippen MR) is 111 cm³/mol. The van der Waals surface area contributed by atoms with E-state index < -0.39 is 17.4 Å². The fourth-order valence-corrected chi connectivity index (χ4v) is 2.25. The Kier molecular flexibility index (Phi) is 6.41. The lowest BCUT2D eigenvalue weighted by Gasteiger charge is -2.18. The van der Waals surface area contributed by atoms with Crippen LogP contribution in [0.5, 0.6) is 0 Å². The van der Waals surface area contributed by atoms with Crippen molar-refractivity contribution in [2.75, 3.05) is 16.0 Å². The predicted octanol–water partition coefficient (Wildman–Crippen LogP) is 3.21. The lowest BCUT2D eigenvalue weighted by atomic mass is 9.95. The largest absolute Gasteiger partial charge is 0.374 e. The Morgan fingerprint density at radius 1 is 0.821 bits per heavy atom. The van der Waals surface area contributed by atoms with E-state index in [1.54, 1.807) is 55.5 Å². The average Bonchev–Trinajstić information content (AvgIpc) is 2.62. The number of amides is 3. The average molecular weight is 382 g/mol. The molecule has 0 saturated heterocycles. The smallest absolute Gasteiger partial charge is 0.248 e. The zero-order valence-corrected chi connectivity index (χ0v) is 16.5. The van der Waals surface area contributed by atoms with Gasteiger partial charge in [0.1, 0.15) is 6.04 Å². The minimum atomic E-state index is -0.518. The SMILES string of the molecule is CC(Nc1ccc(NC(=O)C(C)(C)C)cc1)C(=O)Nc1ccc(C(N)=O)cc1. The van der Waals surface area contributed by atoms with E-state index in [0.29, 0.717) is 16.9 Å². The summed E-state index contributed by atoms with van der Waals surface area (Å²) in [4.78, 5) is 35.4. The Morgan fingerprint density at radius 3 is 1.79 bits per heavy atom. The molecule has 0 radical (unpaired) electrons. The highest BCUT2D eigenvalue weighted by Crippen LogP contribution is 2.19. The van der Waals surface area contributed by atoms with Crippen LogP contribution in [0.15, 0.2) is 48.5 Å². The van der Waals surface area contributed by atoms with E-state index in [9.17, 15) is 14.4 Å². The highest BCUT2D eigenvalue weighted by molar-refractivity contribution is 5.98. The van der Waals surface area contributed by atoms with Gasteiger partial charge in [0.25, 0.3) is 0 Å². The van der Waals surface area contributed by atoms with Crippen molar-refractivity contribution in [3.63, 3.8) is 0 Å². The van der Waals surface area contributed by atoms with E-state index in [0.717, 1.165) is 5.69 Å². The molecule has 0 saturated carbocycles. The van der Waals surface area contributed by atoms with Crippen LogP contribution in [0.25, 0.3) is 0 Å². The lowest BCUT2D eigenvalue weighted by molar-refractivity contribution is -0.123. The molecular weight excluding hydrogens is 356 g/mol. The molecule has 0 fully saturated rings. The minimum absolute atomic E-state index is 0.0664. The van der Waals surface area contributed by atoms with E-state index in [1.807, 2.05) is 20.8 Å². The van der Waals surface area contributed by atoms with Gasteiger partial charge in [-0.15, -0.1) is 0 Å². The molecule has 0 aromatic heterocycles. The molecule has 1 unspecified atom stereocenters. The van der Waals surface area contributed by atoms with Gasteiger partial charge in [-0.3, -0.25) is 14.4 Å². The fraction of sp³-hybridized carbons (Fsp3) is 0.286. The van der Waals surface area contributed by atoms with Gasteiger partial charge in [0, 0.05) is 28.0 Å². The summed E-state index contributed by atoms with van der Waals surface area (Å²) in [6.07, 6.45) is 0. The van der Waals surface area contributed by atoms with Crippen LogP contribution < -0.4 is 21.7 Å². The maximum Gasteiger partial charge on any atom is 0.248 e. The molecule has 5 N–H and O–H groups in total. The molecule has 2 aromatic rings. The van der Waals surface area contributed by atoms with E-state index in [-0.39, 0.29) is 11.8 Å². The number of hydrogen-bond acceptors (Lipinski definition) is 4. The number of carbonyl (C=O) groups is 3. The van der Waals surface area contributed by atoms with Crippen LogP contribution in [0.2, 0.25) is 0 Å². The second kappa shape index (κ2) is 8.56. The van der Waals surface area contributed by atoms with Gasteiger partial charge in [-0.25, -0.2) is 0 Å². The Morgan fingerprint density at radius 2 is 1.29 bits per heavy atom. The summed E-state index contributed by atoms with van der Waals surface area (Å²) in [6.45, 7) is 7.28. The molecule has 0 bridgehead atoms. The Hall–Kier alpha value is -3.35. The van der Waals surface area contributed by atoms with E-state index >= 15 is 0 Å². The third-order valence-corrected chi connectivity index (χ3v) is 4.04. The van der Waals surface area contributed by atoms with Gasteiger partial charge in [0.2, 0.25) is 17.7 Å². The van der Waals surface area contributed by atoms with Crippen molar-refractivity contribution in [3.8, 4) is 0 Å². The van der Waals surface area contributed by atoms with Crippen molar-refractivity contribution in [1.29, 1.82) is 0 Å². The first kappa shape index (κ1) is 21.0. The van der Waals surface area contributed by atoms with Gasteiger partial charge in [-0.2, -0.15) is 0 Å². The van der Waals surface area contributed by atoms with E-state index in [2.05, 4.69) is 16.0 Å². The molecule has 2 rings (SSSR count). The number of nitrogens with two attached hydrogens (primary N) is 1. The van der Waals surface area contributed by atoms with Crippen molar-refractivity contribution >= 4 is 34.8 Å². The van der Waals surface area contributed by atoms with Gasteiger partial charge >= 0.3 is 0 Å². The van der Waals surface area contributed by atoms with Crippen LogP contribution in [-0.4, -0.2) is 23.8 Å². The van der Waals surface area contributed by atoms with Crippen LogP contribution in [0, 0.1) is 5.41 Å². The summed E-state index contributed by atoms with van der Waals surface area (Å²) >= 11 is 0. The summed E-state index contributed by atoms with van der Waals surface area (Å²) in [5, 5.41) is 8.73. The zero-order chi connectivity index (χ0) is 20.9. The molecule has 2 aromatic carbocycles. The minimum Gasteiger partial charge on any atom is -0.374 e. The second-order valence-corrected chi connectivity index (χ2v) is 7.58. The van der Waals surface area contributed by atoms with E-state index in [1.165, 1.54) is 0 Å². The molecule has 3 amide bonds. The molecule has 0 heterocycles. The maximum absolute atomic E-state index is 12.3. The molecular formula is C21H26N4O3. The lowest BCUT2D eigenvalue weighted by Crippen LogP contribution is -2.31. The number of primary amides is 1. The number of benzene rings is 2. The number of carbonyl (C=O) groups excluding carboxylic acids is 3. The first-order valence-electron chi connectivity index (χ1n) is 8.95. The number of anilines is 3. The van der Waals surface area contributed by atoms with Crippen LogP contribution in [0.1, 0.15) is 38.1 Å². The molecule has 1 atom stereocenters. The molecule has 0 spiro atoms. The van der Waals surface area contributed by atoms with Gasteiger partial charge < -0.3 is 21.7 Å². The Bertz CT molecular complexity index is 853. The van der Waals surface area contributed by atoms with Crippen molar-refractivity contribution in [2.45, 2.75) is 33.7 Å². The van der Waals surface area contributed by atoms with Crippen molar-refractivity contribution in [2.24, 2.45) is 11.1 Å². The highest BCUT2D eigenvalue weighted by Gasteiger charge is 2.21. The first-order valence-corrected chi connectivity index (χ1v) is 8.95. The normalized spacial score (nSPS) is 12.0. The highest BCUT2D eigenvalue weighted by atomic mass is 16.2. The summed E-state index contributed by atoms with van der Waals surface area (Å²) in [5.41, 5.74) is 7.12. The summed E-state index contributed by atoms with van der Waals surface area (Å²) in [5.74, 6) is -0.810. The number of rotatable bonds is 6. The van der Waals surface area contributed by atoms with Crippen LogP contribution >= 0.6 is 0 Å². The summed E-state index contributed by atoms with van der Waals surface area (Å²) in [6, 6.07) is 13.0. The van der Waals surface area contributed by atoms with Crippen molar-refractivity contribution in [3.05, 3.63) is 54.1 Å². The van der Waals surface area contributed by atoms with Crippen LogP contribution in [-0.2, 0) is 9.59 Å². The Balaban J connectivity index is 1.92. The molecule has 28 heavy (non-hydrogen) atoms. The van der Waals surface area contributed by atoms with Crippen LogP contribution in [0.4, 0.5) is 17.1 Å². The second-order valence-electron chi connectivity index (χ2n) is 7.58. The summed E-state index contributed by atoms with van der Waals surface area (Å²) in [7, 11) is 0. The van der Waals surface area contributed by atoms with Crippen LogP contribution in [0.3, 0.4) is 0 Å². The molecule has 7 nitrogen and oxygen atoms in total. The topological polar surface area (TPSA) is 113 Å². The third-order valence-electron chi connectivity index (χ3n) is 4.04. The first-order chi connectivity index (χ1) is 13.1. The molecule has 0 aliphatic carbocycles. The molecule has 7 heteroatoms.